The first-order valence-electron chi connectivity index (χ1n) is 7.44. The second kappa shape index (κ2) is 5.56. The van der Waals surface area contributed by atoms with Crippen LogP contribution in [-0.2, 0) is 6.54 Å². The van der Waals surface area contributed by atoms with Crippen molar-refractivity contribution in [3.05, 3.63) is 66.7 Å². The highest BCUT2D eigenvalue weighted by molar-refractivity contribution is 5.73. The monoisotopic (exact) mass is 291 g/mol. The second-order valence-corrected chi connectivity index (χ2v) is 5.40. The third-order valence-electron chi connectivity index (χ3n) is 3.94. The molecule has 2 heterocycles. The van der Waals surface area contributed by atoms with Crippen LogP contribution in [0.15, 0.2) is 61.1 Å². The summed E-state index contributed by atoms with van der Waals surface area (Å²) in [4.78, 5) is 9.60. The third-order valence-corrected chi connectivity index (χ3v) is 3.94. The van der Waals surface area contributed by atoms with Crippen molar-refractivity contribution in [3.8, 4) is 16.9 Å². The SMILES string of the molecule is c1ccc(-c2ccc3c(c2)N(Cc2cnc[nH]2)CCO3)cc1. The molecule has 0 saturated carbocycles. The molecule has 2 aromatic carbocycles. The van der Waals surface area contributed by atoms with Crippen molar-refractivity contribution < 1.29 is 4.74 Å². The minimum atomic E-state index is 0.714. The van der Waals surface area contributed by atoms with E-state index in [2.05, 4.69) is 57.3 Å². The number of H-pyrrole nitrogens is 1. The molecule has 1 aliphatic heterocycles. The van der Waals surface area contributed by atoms with Crippen LogP contribution in [0.5, 0.6) is 5.75 Å². The van der Waals surface area contributed by atoms with E-state index in [9.17, 15) is 0 Å². The molecule has 0 saturated heterocycles. The number of benzene rings is 2. The van der Waals surface area contributed by atoms with Crippen LogP contribution in [0.4, 0.5) is 5.69 Å². The van der Waals surface area contributed by atoms with Gasteiger partial charge >= 0.3 is 0 Å². The van der Waals surface area contributed by atoms with E-state index in [-0.39, 0.29) is 0 Å². The molecule has 0 fully saturated rings. The molecular formula is C18H17N3O. The van der Waals surface area contributed by atoms with Gasteiger partial charge in [-0.05, 0) is 23.3 Å². The van der Waals surface area contributed by atoms with Crippen LogP contribution in [0.2, 0.25) is 0 Å². The van der Waals surface area contributed by atoms with Crippen molar-refractivity contribution in [2.45, 2.75) is 6.54 Å². The molecule has 0 atom stereocenters. The first-order chi connectivity index (χ1) is 10.9. The van der Waals surface area contributed by atoms with Gasteiger partial charge in [0.15, 0.2) is 0 Å². The van der Waals surface area contributed by atoms with E-state index in [1.54, 1.807) is 6.33 Å². The van der Waals surface area contributed by atoms with Gasteiger partial charge in [-0.25, -0.2) is 4.98 Å². The zero-order chi connectivity index (χ0) is 14.8. The number of hydrogen-bond donors (Lipinski definition) is 1. The van der Waals surface area contributed by atoms with Crippen molar-refractivity contribution in [2.24, 2.45) is 0 Å². The fourth-order valence-electron chi connectivity index (χ4n) is 2.82. The molecular weight excluding hydrogens is 274 g/mol. The van der Waals surface area contributed by atoms with Crippen LogP contribution in [-0.4, -0.2) is 23.1 Å². The summed E-state index contributed by atoms with van der Waals surface area (Å²) in [7, 11) is 0. The minimum absolute atomic E-state index is 0.714. The van der Waals surface area contributed by atoms with Crippen LogP contribution in [0, 0.1) is 0 Å². The average Bonchev–Trinajstić information content (AvgIpc) is 3.09. The molecule has 22 heavy (non-hydrogen) atoms. The van der Waals surface area contributed by atoms with E-state index in [0.717, 1.165) is 30.2 Å². The van der Waals surface area contributed by atoms with E-state index < -0.39 is 0 Å². The number of nitrogens with zero attached hydrogens (tertiary/aromatic N) is 2. The Balaban J connectivity index is 1.70. The highest BCUT2D eigenvalue weighted by Gasteiger charge is 2.19. The summed E-state index contributed by atoms with van der Waals surface area (Å²) >= 11 is 0. The maximum Gasteiger partial charge on any atom is 0.142 e. The molecule has 4 rings (SSSR count). The number of nitrogens with one attached hydrogen (secondary N) is 1. The van der Waals surface area contributed by atoms with Gasteiger partial charge in [-0.15, -0.1) is 0 Å². The maximum atomic E-state index is 5.80. The van der Waals surface area contributed by atoms with Crippen LogP contribution >= 0.6 is 0 Å². The third kappa shape index (κ3) is 2.44. The van der Waals surface area contributed by atoms with E-state index in [1.165, 1.54) is 11.1 Å². The summed E-state index contributed by atoms with van der Waals surface area (Å²) < 4.78 is 5.80. The topological polar surface area (TPSA) is 41.2 Å². The lowest BCUT2D eigenvalue weighted by Gasteiger charge is -2.31. The number of aromatic amines is 1. The van der Waals surface area contributed by atoms with E-state index in [4.69, 9.17) is 4.74 Å². The Kier molecular flexibility index (Phi) is 3.27. The van der Waals surface area contributed by atoms with Gasteiger partial charge < -0.3 is 14.6 Å². The fraction of sp³-hybridized carbons (Fsp3) is 0.167. The first kappa shape index (κ1) is 13.0. The Bertz CT molecular complexity index is 753. The predicted molar refractivity (Wildman–Crippen MR) is 87.0 cm³/mol. The Morgan fingerprint density at radius 1 is 1.09 bits per heavy atom. The van der Waals surface area contributed by atoms with Crippen molar-refractivity contribution >= 4 is 5.69 Å². The zero-order valence-electron chi connectivity index (χ0n) is 12.2. The van der Waals surface area contributed by atoms with E-state index in [1.807, 2.05) is 12.3 Å². The number of imidazole rings is 1. The van der Waals surface area contributed by atoms with E-state index >= 15 is 0 Å². The molecule has 0 aliphatic carbocycles. The van der Waals surface area contributed by atoms with Crippen molar-refractivity contribution in [2.75, 3.05) is 18.1 Å². The molecule has 4 nitrogen and oxygen atoms in total. The fourth-order valence-corrected chi connectivity index (χ4v) is 2.82. The maximum absolute atomic E-state index is 5.80. The summed E-state index contributed by atoms with van der Waals surface area (Å²) in [5, 5.41) is 0. The predicted octanol–water partition coefficient (Wildman–Crippen LogP) is 3.48. The zero-order valence-corrected chi connectivity index (χ0v) is 12.2. The molecule has 4 heteroatoms. The number of aromatic nitrogens is 2. The van der Waals surface area contributed by atoms with Gasteiger partial charge in [0.1, 0.15) is 12.4 Å². The molecule has 1 aliphatic rings. The molecule has 0 bridgehead atoms. The standard InChI is InChI=1S/C18H17N3O/c1-2-4-14(5-3-1)15-6-7-18-17(10-15)21(8-9-22-18)12-16-11-19-13-20-16/h1-7,10-11,13H,8-9,12H2,(H,19,20). The minimum Gasteiger partial charge on any atom is -0.490 e. The van der Waals surface area contributed by atoms with Crippen molar-refractivity contribution in [1.29, 1.82) is 0 Å². The number of fused-ring (bicyclic) bond motifs is 1. The smallest absolute Gasteiger partial charge is 0.142 e. The summed E-state index contributed by atoms with van der Waals surface area (Å²) in [5.74, 6) is 0.949. The molecule has 0 unspecified atom stereocenters. The summed E-state index contributed by atoms with van der Waals surface area (Å²) in [5.41, 5.74) is 4.68. The number of rotatable bonds is 3. The quantitative estimate of drug-likeness (QED) is 0.803. The second-order valence-electron chi connectivity index (χ2n) is 5.40. The van der Waals surface area contributed by atoms with Crippen molar-refractivity contribution in [1.82, 2.24) is 9.97 Å². The molecule has 1 N–H and O–H groups in total. The van der Waals surface area contributed by atoms with Gasteiger partial charge in [-0.1, -0.05) is 36.4 Å². The highest BCUT2D eigenvalue weighted by Crippen LogP contribution is 2.36. The lowest BCUT2D eigenvalue weighted by Crippen LogP contribution is -2.32. The average molecular weight is 291 g/mol. The van der Waals surface area contributed by atoms with Gasteiger partial charge in [0.05, 0.1) is 30.8 Å². The van der Waals surface area contributed by atoms with Crippen molar-refractivity contribution in [3.63, 3.8) is 0 Å². The number of ether oxygens (including phenoxy) is 1. The van der Waals surface area contributed by atoms with Gasteiger partial charge in [0.25, 0.3) is 0 Å². The number of anilines is 1. The van der Waals surface area contributed by atoms with Gasteiger partial charge in [0, 0.05) is 6.20 Å². The molecule has 3 aromatic rings. The summed E-state index contributed by atoms with van der Waals surface area (Å²) in [6, 6.07) is 16.8. The molecule has 0 spiro atoms. The number of hydrogen-bond acceptors (Lipinski definition) is 3. The van der Waals surface area contributed by atoms with Gasteiger partial charge in [-0.2, -0.15) is 0 Å². The highest BCUT2D eigenvalue weighted by atomic mass is 16.5. The molecule has 110 valence electrons. The van der Waals surface area contributed by atoms with Crippen LogP contribution in [0.1, 0.15) is 5.69 Å². The van der Waals surface area contributed by atoms with Crippen LogP contribution in [0.3, 0.4) is 0 Å². The lowest BCUT2D eigenvalue weighted by atomic mass is 10.0. The summed E-state index contributed by atoms with van der Waals surface area (Å²) in [6.45, 7) is 2.41. The van der Waals surface area contributed by atoms with Gasteiger partial charge in [0.2, 0.25) is 0 Å². The Morgan fingerprint density at radius 3 is 2.82 bits per heavy atom. The largest absolute Gasteiger partial charge is 0.490 e. The Hall–Kier alpha value is -2.75. The van der Waals surface area contributed by atoms with Crippen LogP contribution < -0.4 is 9.64 Å². The van der Waals surface area contributed by atoms with E-state index in [0.29, 0.717) is 6.61 Å². The summed E-state index contributed by atoms with van der Waals surface area (Å²) in [6.07, 6.45) is 3.59. The molecule has 0 radical (unpaired) electrons. The molecule has 0 amide bonds. The molecule has 1 aromatic heterocycles. The lowest BCUT2D eigenvalue weighted by molar-refractivity contribution is 0.307. The normalized spacial score (nSPS) is 13.5. The first-order valence-corrected chi connectivity index (χ1v) is 7.44. The van der Waals surface area contributed by atoms with Crippen LogP contribution in [0.25, 0.3) is 11.1 Å². The van der Waals surface area contributed by atoms with Gasteiger partial charge in [-0.3, -0.25) is 0 Å². The Labute approximate surface area is 129 Å². The Morgan fingerprint density at radius 2 is 2.00 bits per heavy atom.